The van der Waals surface area contributed by atoms with Gasteiger partial charge in [-0.25, -0.2) is 0 Å². The van der Waals surface area contributed by atoms with Gasteiger partial charge in [0.2, 0.25) is 5.91 Å². The average molecular weight is 965 g/mol. The van der Waals surface area contributed by atoms with Gasteiger partial charge in [0.25, 0.3) is 0 Å². The molecule has 70 heavy (non-hydrogen) atoms. The predicted molar refractivity (Wildman–Crippen MR) is 312 cm³/mol. The Balaban J connectivity index is 3.73. The van der Waals surface area contributed by atoms with E-state index < -0.39 is 12.1 Å². The second kappa shape index (κ2) is 59.6. The highest BCUT2D eigenvalue weighted by Gasteiger charge is 2.17. The lowest BCUT2D eigenvalue weighted by Crippen LogP contribution is -2.45. The molecule has 3 N–H and O–H groups in total. The van der Waals surface area contributed by atoms with Crippen molar-refractivity contribution in [1.29, 1.82) is 0 Å². The van der Waals surface area contributed by atoms with Crippen molar-refractivity contribution in [2.45, 2.75) is 257 Å². The largest absolute Gasteiger partial charge is 0.394 e. The summed E-state index contributed by atoms with van der Waals surface area (Å²) in [5.74, 6) is -0.141. The van der Waals surface area contributed by atoms with Crippen molar-refractivity contribution < 1.29 is 15.0 Å². The number of hydrogen-bond acceptors (Lipinski definition) is 3. The first-order valence-electron chi connectivity index (χ1n) is 29.0. The van der Waals surface area contributed by atoms with Gasteiger partial charge in [0, 0.05) is 6.42 Å². The molecule has 0 spiro atoms. The van der Waals surface area contributed by atoms with Crippen LogP contribution in [0.25, 0.3) is 0 Å². The summed E-state index contributed by atoms with van der Waals surface area (Å²) in [6.07, 6.45) is 94.5. The van der Waals surface area contributed by atoms with Crippen molar-refractivity contribution in [2.24, 2.45) is 0 Å². The number of unbranched alkanes of at least 4 members (excludes halogenated alkanes) is 22. The summed E-state index contributed by atoms with van der Waals surface area (Å²) in [6, 6.07) is -0.690. The molecule has 0 aromatic rings. The van der Waals surface area contributed by atoms with Crippen molar-refractivity contribution >= 4 is 5.91 Å². The second-order valence-electron chi connectivity index (χ2n) is 19.0. The van der Waals surface area contributed by atoms with Crippen LogP contribution in [-0.4, -0.2) is 34.9 Å². The molecule has 2 atom stereocenters. The smallest absolute Gasteiger partial charge is 0.220 e. The van der Waals surface area contributed by atoms with Crippen LogP contribution in [0, 0.1) is 0 Å². The normalized spacial score (nSPS) is 13.9. The van der Waals surface area contributed by atoms with E-state index in [1.54, 1.807) is 6.08 Å². The number of aliphatic hydroxyl groups is 2. The SMILES string of the molecule is CC/C=C\C/C=C\C/C=C\C/C=C\C/C=C\C/C=C\C/C=C\C/C=C\C/C=C\CCCC(=O)NC(CO)C(O)/C=C/CC/C=C/CC/C=C/CCCCCCCCCCCCCCCCCCCCC. The Hall–Kier alpha value is -3.73. The fourth-order valence-corrected chi connectivity index (χ4v) is 7.92. The van der Waals surface area contributed by atoms with E-state index in [1.807, 2.05) is 6.08 Å². The van der Waals surface area contributed by atoms with Crippen LogP contribution in [0.4, 0.5) is 0 Å². The van der Waals surface area contributed by atoms with Crippen molar-refractivity contribution in [3.63, 3.8) is 0 Å². The van der Waals surface area contributed by atoms with Crippen LogP contribution in [0.15, 0.2) is 146 Å². The molecule has 0 rings (SSSR count). The van der Waals surface area contributed by atoms with E-state index in [1.165, 1.54) is 128 Å². The maximum Gasteiger partial charge on any atom is 0.220 e. The summed E-state index contributed by atoms with van der Waals surface area (Å²) in [4.78, 5) is 12.5. The number of carbonyl (C=O) groups excluding carboxylic acids is 1. The third-order valence-corrected chi connectivity index (χ3v) is 12.3. The summed E-state index contributed by atoms with van der Waals surface area (Å²) in [5, 5.41) is 23.1. The number of aliphatic hydroxyl groups excluding tert-OH is 2. The van der Waals surface area contributed by atoms with Gasteiger partial charge in [-0.3, -0.25) is 4.79 Å². The average Bonchev–Trinajstić information content (AvgIpc) is 3.36. The lowest BCUT2D eigenvalue weighted by atomic mass is 10.0. The van der Waals surface area contributed by atoms with E-state index in [0.717, 1.165) is 96.3 Å². The Morgan fingerprint density at radius 2 is 0.643 bits per heavy atom. The molecule has 0 aliphatic rings. The minimum Gasteiger partial charge on any atom is -0.394 e. The number of amides is 1. The van der Waals surface area contributed by atoms with Gasteiger partial charge in [0.05, 0.1) is 18.8 Å². The van der Waals surface area contributed by atoms with E-state index in [9.17, 15) is 15.0 Å². The zero-order valence-corrected chi connectivity index (χ0v) is 45.5. The lowest BCUT2D eigenvalue weighted by Gasteiger charge is -2.19. The summed E-state index contributed by atoms with van der Waals surface area (Å²) < 4.78 is 0. The summed E-state index contributed by atoms with van der Waals surface area (Å²) in [6.45, 7) is 4.16. The highest BCUT2D eigenvalue weighted by atomic mass is 16.3. The van der Waals surface area contributed by atoms with Crippen molar-refractivity contribution in [1.82, 2.24) is 5.32 Å². The highest BCUT2D eigenvalue weighted by molar-refractivity contribution is 5.76. The second-order valence-corrected chi connectivity index (χ2v) is 19.0. The molecule has 0 saturated heterocycles. The van der Waals surface area contributed by atoms with E-state index in [-0.39, 0.29) is 12.5 Å². The van der Waals surface area contributed by atoms with Gasteiger partial charge in [0.15, 0.2) is 0 Å². The van der Waals surface area contributed by atoms with Crippen LogP contribution in [0.1, 0.15) is 245 Å². The lowest BCUT2D eigenvalue weighted by molar-refractivity contribution is -0.122. The molecular formula is C66H109NO3. The Kier molecular flexibility index (Phi) is 56.4. The summed E-state index contributed by atoms with van der Waals surface area (Å²) in [7, 11) is 0. The molecule has 0 aromatic heterocycles. The van der Waals surface area contributed by atoms with Crippen LogP contribution < -0.4 is 5.32 Å². The molecule has 0 aromatic carbocycles. The van der Waals surface area contributed by atoms with E-state index in [0.29, 0.717) is 6.42 Å². The van der Waals surface area contributed by atoms with Gasteiger partial charge in [-0.1, -0.05) is 275 Å². The predicted octanol–water partition coefficient (Wildman–Crippen LogP) is 19.6. The summed E-state index contributed by atoms with van der Waals surface area (Å²) in [5.41, 5.74) is 0. The van der Waals surface area contributed by atoms with Crippen molar-refractivity contribution in [3.05, 3.63) is 146 Å². The molecule has 0 heterocycles. The number of hydrogen-bond donors (Lipinski definition) is 3. The molecule has 0 radical (unpaired) electrons. The topological polar surface area (TPSA) is 69.6 Å². The Morgan fingerprint density at radius 1 is 0.357 bits per heavy atom. The molecule has 0 fully saturated rings. The first kappa shape index (κ1) is 66.3. The van der Waals surface area contributed by atoms with Crippen LogP contribution in [0.5, 0.6) is 0 Å². The molecule has 2 unspecified atom stereocenters. The van der Waals surface area contributed by atoms with Crippen LogP contribution in [0.2, 0.25) is 0 Å². The molecule has 4 heteroatoms. The summed E-state index contributed by atoms with van der Waals surface area (Å²) >= 11 is 0. The van der Waals surface area contributed by atoms with E-state index in [4.69, 9.17) is 0 Å². The van der Waals surface area contributed by atoms with E-state index in [2.05, 4.69) is 153 Å². The minimum absolute atomic E-state index is 0.141. The fraction of sp³-hybridized carbons (Fsp3) is 0.621. The van der Waals surface area contributed by atoms with Crippen molar-refractivity contribution in [2.75, 3.05) is 6.61 Å². The van der Waals surface area contributed by atoms with Crippen LogP contribution >= 0.6 is 0 Å². The maximum absolute atomic E-state index is 12.5. The first-order valence-corrected chi connectivity index (χ1v) is 29.0. The zero-order chi connectivity index (χ0) is 50.6. The Labute approximate surface area is 433 Å². The quantitative estimate of drug-likeness (QED) is 0.0420. The van der Waals surface area contributed by atoms with Crippen LogP contribution in [0.3, 0.4) is 0 Å². The molecule has 0 aliphatic heterocycles. The molecule has 0 aliphatic carbocycles. The standard InChI is InChI=1S/C66H109NO3/c1-3-5-7-9-11-13-15-17-19-21-23-25-27-29-31-33-35-37-39-41-43-45-47-49-51-53-55-57-59-61-65(69)64(63-68)67-66(70)62-60-58-56-54-52-50-48-46-44-42-40-38-36-34-32-30-28-26-24-22-20-18-16-14-12-10-8-6-4-2/h6,8,12,14,18,20,24,26,30,32,36,38,42-45,48,50-51,53-54,56,59,61,64-65,68-69H,3-5,7,9-11,13,15-17,19,21-23,25,27-29,31,33-35,37,39-41,46-47,49,52,55,57-58,60,62-63H2,1-2H3,(H,67,70)/b8-6-,14-12-,20-18-,26-24-,32-30-,38-36-,44-42-,45-43+,50-48-,53-51+,56-54-,61-59+. The minimum atomic E-state index is -0.907. The zero-order valence-electron chi connectivity index (χ0n) is 45.5. The van der Waals surface area contributed by atoms with Crippen molar-refractivity contribution in [3.8, 4) is 0 Å². The number of carbonyl (C=O) groups is 1. The van der Waals surface area contributed by atoms with Gasteiger partial charge in [0.1, 0.15) is 0 Å². The third-order valence-electron chi connectivity index (χ3n) is 12.3. The first-order chi connectivity index (χ1) is 34.7. The number of allylic oxidation sites excluding steroid dienone is 23. The molecular weight excluding hydrogens is 855 g/mol. The molecule has 396 valence electrons. The third kappa shape index (κ3) is 55.2. The number of rotatable bonds is 51. The van der Waals surface area contributed by atoms with Gasteiger partial charge in [-0.15, -0.1) is 0 Å². The van der Waals surface area contributed by atoms with Crippen LogP contribution in [-0.2, 0) is 4.79 Å². The van der Waals surface area contributed by atoms with Gasteiger partial charge in [-0.2, -0.15) is 0 Å². The fourth-order valence-electron chi connectivity index (χ4n) is 7.92. The highest BCUT2D eigenvalue weighted by Crippen LogP contribution is 2.15. The Morgan fingerprint density at radius 3 is 1.00 bits per heavy atom. The van der Waals surface area contributed by atoms with Gasteiger partial charge < -0.3 is 15.5 Å². The molecule has 4 nitrogen and oxygen atoms in total. The molecule has 0 saturated carbocycles. The molecule has 0 bridgehead atoms. The molecule has 1 amide bonds. The van der Waals surface area contributed by atoms with E-state index >= 15 is 0 Å². The van der Waals surface area contributed by atoms with Gasteiger partial charge in [-0.05, 0) is 109 Å². The van der Waals surface area contributed by atoms with Gasteiger partial charge >= 0.3 is 0 Å². The number of nitrogens with one attached hydrogen (secondary N) is 1. The maximum atomic E-state index is 12.5. The monoisotopic (exact) mass is 964 g/mol. The Bertz CT molecular complexity index is 1470.